The Balaban J connectivity index is 0.00000497. The molecule has 0 bridgehead atoms. The Labute approximate surface area is 336 Å². The van der Waals surface area contributed by atoms with Crippen LogP contribution in [0.5, 0.6) is 11.5 Å². The van der Waals surface area contributed by atoms with E-state index in [1.165, 1.54) is 27.8 Å². The Morgan fingerprint density at radius 3 is 2.15 bits per heavy atom. The van der Waals surface area contributed by atoms with Gasteiger partial charge in [0.15, 0.2) is 0 Å². The standard InChI is InChI=1S/C48H52N4O.Pt/c1-9-34(8)38-25-40(51-30-39(29-50-51)48-36(22-32(4)5)13-12-14-37(48)23-33(6)7)27-42(26-38)53-41-17-18-44-43-15-10-11-16-45(43)52(46(44)28-41)47-24-35(19-20-49-47)21-31(2)3;/h10-20,24-26,29-34H,9,21-23H2,1-8H3;/q-2;+2. The van der Waals surface area contributed by atoms with Crippen molar-refractivity contribution < 1.29 is 25.8 Å². The molecule has 0 N–H and O–H groups in total. The molecular formula is C48H52N4OPt. The van der Waals surface area contributed by atoms with Crippen molar-refractivity contribution in [2.75, 3.05) is 0 Å². The van der Waals surface area contributed by atoms with Crippen LogP contribution in [-0.4, -0.2) is 19.3 Å². The molecule has 54 heavy (non-hydrogen) atoms. The first-order valence-corrected chi connectivity index (χ1v) is 19.4. The third-order valence-corrected chi connectivity index (χ3v) is 10.1. The molecule has 0 aliphatic rings. The number of benzene rings is 4. The van der Waals surface area contributed by atoms with Gasteiger partial charge < -0.3 is 9.30 Å². The first-order valence-electron chi connectivity index (χ1n) is 19.4. The van der Waals surface area contributed by atoms with E-state index in [1.54, 1.807) is 0 Å². The Bertz CT molecular complexity index is 2340. The minimum atomic E-state index is 0. The van der Waals surface area contributed by atoms with Crippen LogP contribution in [0.15, 0.2) is 97.5 Å². The van der Waals surface area contributed by atoms with E-state index in [2.05, 4.69) is 151 Å². The van der Waals surface area contributed by atoms with E-state index in [4.69, 9.17) is 14.8 Å². The first-order chi connectivity index (χ1) is 25.6. The number of ether oxygens (including phenoxy) is 1. The molecule has 0 saturated carbocycles. The summed E-state index contributed by atoms with van der Waals surface area (Å²) in [4.78, 5) is 4.84. The molecule has 1 atom stereocenters. The maximum Gasteiger partial charge on any atom is 2.00 e. The average molecular weight is 896 g/mol. The van der Waals surface area contributed by atoms with Gasteiger partial charge in [-0.1, -0.05) is 104 Å². The van der Waals surface area contributed by atoms with E-state index in [9.17, 15) is 0 Å². The fourth-order valence-electron chi connectivity index (χ4n) is 7.55. The molecule has 0 radical (unpaired) electrons. The molecular weight excluding hydrogens is 844 g/mol. The van der Waals surface area contributed by atoms with E-state index < -0.39 is 0 Å². The van der Waals surface area contributed by atoms with Crippen LogP contribution in [0.3, 0.4) is 0 Å². The van der Waals surface area contributed by atoms with Crippen molar-refractivity contribution in [3.63, 3.8) is 0 Å². The summed E-state index contributed by atoms with van der Waals surface area (Å²) in [7, 11) is 0. The summed E-state index contributed by atoms with van der Waals surface area (Å²) in [6, 6.07) is 35.3. The normalized spacial score (nSPS) is 12.3. The quantitative estimate of drug-likeness (QED) is 0.108. The van der Waals surface area contributed by atoms with Gasteiger partial charge in [-0.15, -0.1) is 41.3 Å². The van der Waals surface area contributed by atoms with Crippen molar-refractivity contribution in [1.82, 2.24) is 19.3 Å². The van der Waals surface area contributed by atoms with Crippen LogP contribution in [0.2, 0.25) is 0 Å². The molecule has 280 valence electrons. The van der Waals surface area contributed by atoms with Gasteiger partial charge in [-0.05, 0) is 94.5 Å². The smallest absolute Gasteiger partial charge is 0.509 e. The van der Waals surface area contributed by atoms with Crippen LogP contribution in [0.1, 0.15) is 90.0 Å². The number of aromatic nitrogens is 4. The molecule has 3 aromatic heterocycles. The zero-order valence-corrected chi connectivity index (χ0v) is 35.2. The van der Waals surface area contributed by atoms with E-state index in [0.29, 0.717) is 35.2 Å². The number of rotatable bonds is 13. The molecule has 3 heterocycles. The van der Waals surface area contributed by atoms with Crippen molar-refractivity contribution in [3.8, 4) is 34.1 Å². The summed E-state index contributed by atoms with van der Waals surface area (Å²) >= 11 is 0. The topological polar surface area (TPSA) is 44.9 Å². The summed E-state index contributed by atoms with van der Waals surface area (Å²) in [5.41, 5.74) is 10.6. The molecule has 0 fully saturated rings. The summed E-state index contributed by atoms with van der Waals surface area (Å²) in [5.74, 6) is 4.17. The predicted molar refractivity (Wildman–Crippen MR) is 220 cm³/mol. The van der Waals surface area contributed by atoms with Crippen LogP contribution >= 0.6 is 0 Å². The fraction of sp³-hybridized carbons (Fsp3) is 0.333. The maximum atomic E-state index is 6.68. The van der Waals surface area contributed by atoms with Crippen LogP contribution in [0.4, 0.5) is 0 Å². The van der Waals surface area contributed by atoms with Crippen LogP contribution in [-0.2, 0) is 40.3 Å². The van der Waals surface area contributed by atoms with Gasteiger partial charge in [0.25, 0.3) is 0 Å². The average Bonchev–Trinajstić information content (AvgIpc) is 3.74. The first kappa shape index (κ1) is 39.2. The molecule has 5 nitrogen and oxygen atoms in total. The van der Waals surface area contributed by atoms with Gasteiger partial charge in [0.1, 0.15) is 5.82 Å². The van der Waals surface area contributed by atoms with Crippen molar-refractivity contribution in [3.05, 3.63) is 132 Å². The second kappa shape index (κ2) is 16.9. The molecule has 7 rings (SSSR count). The largest absolute Gasteiger partial charge is 2.00 e. The number of hydrogen-bond acceptors (Lipinski definition) is 3. The molecule has 0 aliphatic heterocycles. The van der Waals surface area contributed by atoms with Crippen LogP contribution in [0, 0.1) is 29.9 Å². The van der Waals surface area contributed by atoms with Crippen LogP contribution in [0.25, 0.3) is 44.4 Å². The monoisotopic (exact) mass is 895 g/mol. The van der Waals surface area contributed by atoms with Gasteiger partial charge in [0.2, 0.25) is 0 Å². The molecule has 7 aromatic rings. The minimum Gasteiger partial charge on any atom is -0.509 e. The molecule has 1 unspecified atom stereocenters. The van der Waals surface area contributed by atoms with Crippen molar-refractivity contribution in [2.45, 2.75) is 87.0 Å². The molecule has 6 heteroatoms. The summed E-state index contributed by atoms with van der Waals surface area (Å²) in [5, 5.41) is 7.20. The van der Waals surface area contributed by atoms with Crippen LogP contribution < -0.4 is 4.74 Å². The van der Waals surface area contributed by atoms with Gasteiger partial charge in [0, 0.05) is 35.0 Å². The molecule has 4 aromatic carbocycles. The number of fused-ring (bicyclic) bond motifs is 3. The zero-order valence-electron chi connectivity index (χ0n) is 32.9. The van der Waals surface area contributed by atoms with Gasteiger partial charge >= 0.3 is 21.1 Å². The third kappa shape index (κ3) is 8.42. The Morgan fingerprint density at radius 1 is 0.722 bits per heavy atom. The molecule has 0 aliphatic carbocycles. The van der Waals surface area contributed by atoms with Gasteiger partial charge in [0.05, 0.1) is 6.20 Å². The SMILES string of the molecule is CCC(C)c1cc(Oc2[c-]c3c(cc2)c2ccccc2n3-c2cc(CC(C)C)ccn2)[c-]c(-n2cc(-c3c(CC(C)C)cccc3CC(C)C)cn2)c1.[Pt+2]. The maximum absolute atomic E-state index is 6.68. The molecule has 0 spiro atoms. The number of pyridine rings is 1. The third-order valence-electron chi connectivity index (χ3n) is 10.1. The fourth-order valence-corrected chi connectivity index (χ4v) is 7.55. The second-order valence-electron chi connectivity index (χ2n) is 16.0. The van der Waals surface area contributed by atoms with Gasteiger partial charge in [-0.2, -0.15) is 11.2 Å². The van der Waals surface area contributed by atoms with E-state index >= 15 is 0 Å². The molecule has 0 amide bonds. The molecule has 0 saturated heterocycles. The minimum absolute atomic E-state index is 0. The zero-order chi connectivity index (χ0) is 37.2. The summed E-state index contributed by atoms with van der Waals surface area (Å²) in [6.07, 6.45) is 10.2. The van der Waals surface area contributed by atoms with Gasteiger partial charge in [-0.3, -0.25) is 4.68 Å². The number of hydrogen-bond donors (Lipinski definition) is 0. The number of nitrogens with zero attached hydrogens (tertiary/aromatic N) is 4. The van der Waals surface area contributed by atoms with E-state index in [0.717, 1.165) is 64.6 Å². The summed E-state index contributed by atoms with van der Waals surface area (Å²) in [6.45, 7) is 18.1. The predicted octanol–water partition coefficient (Wildman–Crippen LogP) is 12.5. The van der Waals surface area contributed by atoms with Crippen molar-refractivity contribution in [2.24, 2.45) is 17.8 Å². The van der Waals surface area contributed by atoms with Gasteiger partial charge in [-0.25, -0.2) is 4.98 Å². The van der Waals surface area contributed by atoms with E-state index in [-0.39, 0.29) is 21.1 Å². The summed E-state index contributed by atoms with van der Waals surface area (Å²) < 4.78 is 10.8. The van der Waals surface area contributed by atoms with Crippen molar-refractivity contribution >= 4 is 21.8 Å². The van der Waals surface area contributed by atoms with Crippen molar-refractivity contribution in [1.29, 1.82) is 0 Å². The Hall–Kier alpha value is -4.47. The Morgan fingerprint density at radius 2 is 1.44 bits per heavy atom. The Kier molecular flexibility index (Phi) is 12.3. The second-order valence-corrected chi connectivity index (χ2v) is 16.0. The van der Waals surface area contributed by atoms with E-state index in [1.807, 2.05) is 23.1 Å². The number of para-hydroxylation sites is 1.